The molecule has 0 fully saturated rings. The van der Waals surface area contributed by atoms with Crippen LogP contribution in [0.5, 0.6) is 5.75 Å². The van der Waals surface area contributed by atoms with E-state index in [1.807, 2.05) is 56.3 Å². The van der Waals surface area contributed by atoms with Gasteiger partial charge in [0.2, 0.25) is 11.8 Å². The molecule has 0 spiro atoms. The summed E-state index contributed by atoms with van der Waals surface area (Å²) in [4.78, 5) is 27.7. The van der Waals surface area contributed by atoms with Crippen LogP contribution in [0.3, 0.4) is 0 Å². The van der Waals surface area contributed by atoms with Crippen LogP contribution in [0, 0.1) is 5.92 Å². The van der Waals surface area contributed by atoms with E-state index in [1.165, 1.54) is 6.08 Å². The molecule has 0 saturated heterocycles. The van der Waals surface area contributed by atoms with Crippen LogP contribution in [0.1, 0.15) is 31.5 Å². The number of hydrogen-bond acceptors (Lipinski definition) is 4. The van der Waals surface area contributed by atoms with E-state index >= 15 is 0 Å². The Balaban J connectivity index is 1.89. The molecule has 0 aliphatic rings. The van der Waals surface area contributed by atoms with Gasteiger partial charge in [0.1, 0.15) is 18.4 Å². The molecule has 27 heavy (non-hydrogen) atoms. The van der Waals surface area contributed by atoms with Gasteiger partial charge in [-0.25, -0.2) is 0 Å². The van der Waals surface area contributed by atoms with Gasteiger partial charge in [-0.05, 0) is 41.8 Å². The minimum Gasteiger partial charge on any atom is -0.487 e. The molecule has 6 heteroatoms. The van der Waals surface area contributed by atoms with Crippen molar-refractivity contribution in [1.29, 1.82) is 0 Å². The number of ether oxygens (including phenoxy) is 1. The van der Waals surface area contributed by atoms with Gasteiger partial charge in [0.25, 0.3) is 0 Å². The molecule has 1 aromatic carbocycles. The summed E-state index contributed by atoms with van der Waals surface area (Å²) in [5.74, 6) is -0.182. The maximum atomic E-state index is 12.0. The number of aromatic nitrogens is 1. The van der Waals surface area contributed by atoms with Gasteiger partial charge in [-0.2, -0.15) is 0 Å². The van der Waals surface area contributed by atoms with E-state index in [0.717, 1.165) is 17.7 Å². The van der Waals surface area contributed by atoms with Crippen LogP contribution in [0.25, 0.3) is 6.08 Å². The Morgan fingerprint density at radius 1 is 1.22 bits per heavy atom. The number of pyridine rings is 1. The number of carbonyl (C=O) groups is 2. The van der Waals surface area contributed by atoms with Crippen LogP contribution < -0.4 is 15.8 Å². The van der Waals surface area contributed by atoms with Crippen molar-refractivity contribution in [1.82, 2.24) is 10.3 Å². The fourth-order valence-electron chi connectivity index (χ4n) is 2.42. The number of benzene rings is 1. The summed E-state index contributed by atoms with van der Waals surface area (Å²) in [7, 11) is 0. The third-order valence-corrected chi connectivity index (χ3v) is 4.24. The van der Waals surface area contributed by atoms with E-state index < -0.39 is 11.9 Å². The molecule has 0 saturated carbocycles. The summed E-state index contributed by atoms with van der Waals surface area (Å²) >= 11 is 0. The number of amides is 2. The highest BCUT2D eigenvalue weighted by atomic mass is 16.5. The molecule has 2 aromatic rings. The highest BCUT2D eigenvalue weighted by molar-refractivity contribution is 5.95. The van der Waals surface area contributed by atoms with Crippen LogP contribution in [0.4, 0.5) is 0 Å². The second-order valence-electron chi connectivity index (χ2n) is 6.29. The lowest BCUT2D eigenvalue weighted by Gasteiger charge is -2.20. The van der Waals surface area contributed by atoms with E-state index in [1.54, 1.807) is 12.3 Å². The van der Waals surface area contributed by atoms with E-state index in [9.17, 15) is 9.59 Å². The van der Waals surface area contributed by atoms with Crippen LogP contribution in [-0.2, 0) is 16.2 Å². The van der Waals surface area contributed by atoms with Gasteiger partial charge < -0.3 is 15.8 Å². The minimum atomic E-state index is -0.672. The summed E-state index contributed by atoms with van der Waals surface area (Å²) in [6, 6.07) is 12.3. The Kier molecular flexibility index (Phi) is 7.55. The van der Waals surface area contributed by atoms with Crippen LogP contribution in [0.2, 0.25) is 0 Å². The monoisotopic (exact) mass is 367 g/mol. The first-order valence-electron chi connectivity index (χ1n) is 8.90. The number of hydrogen-bond donors (Lipinski definition) is 2. The molecule has 1 aromatic heterocycles. The van der Waals surface area contributed by atoms with E-state index in [0.29, 0.717) is 12.4 Å². The van der Waals surface area contributed by atoms with Crippen LogP contribution in [-0.4, -0.2) is 22.8 Å². The minimum absolute atomic E-state index is 0.0182. The number of nitrogens with zero attached hydrogens (tertiary/aromatic N) is 1. The van der Waals surface area contributed by atoms with E-state index in [4.69, 9.17) is 10.5 Å². The van der Waals surface area contributed by atoms with Crippen LogP contribution >= 0.6 is 0 Å². The van der Waals surface area contributed by atoms with Gasteiger partial charge in [-0.1, -0.05) is 38.5 Å². The van der Waals surface area contributed by atoms with Gasteiger partial charge in [-0.15, -0.1) is 0 Å². The molecule has 0 aliphatic heterocycles. The van der Waals surface area contributed by atoms with Crippen molar-refractivity contribution < 1.29 is 14.3 Å². The summed E-state index contributed by atoms with van der Waals surface area (Å²) in [5, 5.41) is 2.66. The Hall–Kier alpha value is -3.15. The Bertz CT molecular complexity index is 773. The maximum absolute atomic E-state index is 12.0. The van der Waals surface area contributed by atoms with Crippen molar-refractivity contribution in [2.24, 2.45) is 11.7 Å². The molecular formula is C21H25N3O3. The highest BCUT2D eigenvalue weighted by Gasteiger charge is 2.22. The summed E-state index contributed by atoms with van der Waals surface area (Å²) in [5.41, 5.74) is 7.05. The zero-order chi connectivity index (χ0) is 19.6. The molecule has 0 aliphatic carbocycles. The quantitative estimate of drug-likeness (QED) is 0.666. The molecule has 6 nitrogen and oxygen atoms in total. The van der Waals surface area contributed by atoms with Crippen molar-refractivity contribution in [2.45, 2.75) is 32.9 Å². The predicted octanol–water partition coefficient (Wildman–Crippen LogP) is 2.69. The molecule has 2 amide bonds. The fraction of sp³-hybridized carbons (Fsp3) is 0.286. The first kappa shape index (κ1) is 20.2. The molecule has 142 valence electrons. The second kappa shape index (κ2) is 10.1. The molecule has 2 unspecified atom stereocenters. The molecule has 2 atom stereocenters. The lowest BCUT2D eigenvalue weighted by atomic mass is 9.98. The lowest BCUT2D eigenvalue weighted by Crippen LogP contribution is -2.47. The molecule has 1 heterocycles. The van der Waals surface area contributed by atoms with Gasteiger partial charge in [0.05, 0.1) is 5.69 Å². The molecule has 0 bridgehead atoms. The number of primary amides is 1. The molecule has 3 N–H and O–H groups in total. The average molecular weight is 367 g/mol. The number of nitrogens with two attached hydrogens (primary N) is 1. The molecule has 0 radical (unpaired) electrons. The number of rotatable bonds is 9. The largest absolute Gasteiger partial charge is 0.487 e. The normalized spacial score (nSPS) is 13.1. The third-order valence-electron chi connectivity index (χ3n) is 4.24. The molecular weight excluding hydrogens is 342 g/mol. The fourth-order valence-corrected chi connectivity index (χ4v) is 2.42. The van der Waals surface area contributed by atoms with Gasteiger partial charge in [0, 0.05) is 12.3 Å². The third kappa shape index (κ3) is 6.58. The van der Waals surface area contributed by atoms with Crippen molar-refractivity contribution >= 4 is 17.9 Å². The second-order valence-corrected chi connectivity index (χ2v) is 6.29. The topological polar surface area (TPSA) is 94.3 Å². The van der Waals surface area contributed by atoms with Crippen molar-refractivity contribution in [3.05, 3.63) is 66.0 Å². The van der Waals surface area contributed by atoms with E-state index in [-0.39, 0.29) is 11.8 Å². The van der Waals surface area contributed by atoms with Gasteiger partial charge in [0.15, 0.2) is 0 Å². The van der Waals surface area contributed by atoms with Gasteiger partial charge in [-0.3, -0.25) is 14.6 Å². The Morgan fingerprint density at radius 3 is 2.56 bits per heavy atom. The van der Waals surface area contributed by atoms with Crippen molar-refractivity contribution in [3.8, 4) is 5.75 Å². The zero-order valence-corrected chi connectivity index (χ0v) is 15.6. The summed E-state index contributed by atoms with van der Waals surface area (Å²) in [6.45, 7) is 4.21. The summed E-state index contributed by atoms with van der Waals surface area (Å²) < 4.78 is 5.67. The van der Waals surface area contributed by atoms with Crippen molar-refractivity contribution in [3.63, 3.8) is 0 Å². The lowest BCUT2D eigenvalue weighted by molar-refractivity contribution is -0.126. The first-order valence-corrected chi connectivity index (χ1v) is 8.90. The van der Waals surface area contributed by atoms with Crippen LogP contribution in [0.15, 0.2) is 54.7 Å². The van der Waals surface area contributed by atoms with Gasteiger partial charge >= 0.3 is 0 Å². The highest BCUT2D eigenvalue weighted by Crippen LogP contribution is 2.15. The average Bonchev–Trinajstić information content (AvgIpc) is 2.69. The Labute approximate surface area is 159 Å². The number of nitrogens with one attached hydrogen (secondary N) is 1. The van der Waals surface area contributed by atoms with E-state index in [2.05, 4.69) is 10.3 Å². The predicted molar refractivity (Wildman–Crippen MR) is 105 cm³/mol. The first-order chi connectivity index (χ1) is 13.0. The Morgan fingerprint density at radius 2 is 1.96 bits per heavy atom. The molecule has 2 rings (SSSR count). The van der Waals surface area contributed by atoms with Crippen molar-refractivity contribution in [2.75, 3.05) is 0 Å². The SMILES string of the molecule is CCC(C)C(NC(=O)/C=C/c1ccc(OCc2ccccn2)cc1)C(N)=O. The smallest absolute Gasteiger partial charge is 0.244 e. The zero-order valence-electron chi connectivity index (χ0n) is 15.6. The number of carbonyl (C=O) groups excluding carboxylic acids is 2. The summed E-state index contributed by atoms with van der Waals surface area (Å²) in [6.07, 6.45) is 5.54. The standard InChI is InChI=1S/C21H25N3O3/c1-3-15(2)20(21(22)26)24-19(25)12-9-16-7-10-18(11-8-16)27-14-17-6-4-5-13-23-17/h4-13,15,20H,3,14H2,1-2H3,(H2,22,26)(H,24,25)/b12-9+. The maximum Gasteiger partial charge on any atom is 0.244 e.